The maximum Gasteiger partial charge on any atom is 0.266 e. The molecule has 0 spiro atoms. The Morgan fingerprint density at radius 2 is 1.94 bits per heavy atom. The van der Waals surface area contributed by atoms with Gasteiger partial charge in [0.1, 0.15) is 0 Å². The van der Waals surface area contributed by atoms with Crippen LogP contribution in [0.4, 0.5) is 0 Å². The van der Waals surface area contributed by atoms with Crippen LogP contribution in [0.25, 0.3) is 16.6 Å². The highest BCUT2D eigenvalue weighted by molar-refractivity contribution is 7.99. The van der Waals surface area contributed by atoms with Crippen molar-refractivity contribution >= 4 is 46.4 Å². The molecule has 0 atom stereocenters. The summed E-state index contributed by atoms with van der Waals surface area (Å²) in [6.45, 7) is 0. The van der Waals surface area contributed by atoms with E-state index in [0.29, 0.717) is 38.1 Å². The summed E-state index contributed by atoms with van der Waals surface area (Å²) >= 11 is 7.10. The lowest BCUT2D eigenvalue weighted by Gasteiger charge is -2.13. The van der Waals surface area contributed by atoms with E-state index in [1.165, 1.54) is 17.9 Å². The topological polar surface area (TPSA) is 106 Å². The number of nitrogens with zero attached hydrogens (tertiary/aromatic N) is 3. The monoisotopic (exact) mass is 494 g/mol. The lowest BCUT2D eigenvalue weighted by molar-refractivity contribution is -0.118. The average molecular weight is 495 g/mol. The molecule has 4 rings (SSSR count). The Morgan fingerprint density at radius 1 is 1.18 bits per heavy atom. The molecule has 0 fully saturated rings. The van der Waals surface area contributed by atoms with E-state index in [-0.39, 0.29) is 17.1 Å². The smallest absolute Gasteiger partial charge is 0.266 e. The van der Waals surface area contributed by atoms with Gasteiger partial charge in [-0.3, -0.25) is 14.2 Å². The number of carbonyl (C=O) groups is 1. The summed E-state index contributed by atoms with van der Waals surface area (Å²) in [5.74, 6) is -0.230. The van der Waals surface area contributed by atoms with E-state index in [2.05, 4.69) is 15.5 Å². The van der Waals surface area contributed by atoms with Gasteiger partial charge in [0.25, 0.3) is 11.5 Å². The number of fused-ring (bicyclic) bond motifs is 1. The van der Waals surface area contributed by atoms with Crippen LogP contribution in [0.5, 0.6) is 11.5 Å². The Morgan fingerprint density at radius 3 is 2.71 bits per heavy atom. The minimum absolute atomic E-state index is 0.0419. The molecule has 2 N–H and O–H groups in total. The van der Waals surface area contributed by atoms with Gasteiger partial charge in [-0.15, -0.1) is 0 Å². The Balaban J connectivity index is 1.55. The number of methoxy groups -OCH3 is 1. The van der Waals surface area contributed by atoms with Crippen molar-refractivity contribution in [2.75, 3.05) is 12.9 Å². The third-order valence-electron chi connectivity index (χ3n) is 4.81. The highest BCUT2D eigenvalue weighted by atomic mass is 35.5. The Kier molecular flexibility index (Phi) is 7.15. The molecule has 1 aromatic heterocycles. The van der Waals surface area contributed by atoms with Crippen LogP contribution < -0.4 is 15.7 Å². The number of hydrazone groups is 1. The largest absolute Gasteiger partial charge is 0.504 e. The van der Waals surface area contributed by atoms with E-state index in [0.717, 1.165) is 11.8 Å². The summed E-state index contributed by atoms with van der Waals surface area (Å²) < 4.78 is 6.50. The fraction of sp³-hybridized carbons (Fsp3) is 0.0833. The minimum Gasteiger partial charge on any atom is -0.504 e. The molecule has 0 bridgehead atoms. The fourth-order valence-electron chi connectivity index (χ4n) is 3.17. The number of carbonyl (C=O) groups excluding carboxylic acids is 1. The van der Waals surface area contributed by atoms with Crippen LogP contribution in [0.15, 0.2) is 81.8 Å². The molecule has 1 amide bonds. The number of rotatable bonds is 7. The highest BCUT2D eigenvalue weighted by Gasteiger charge is 2.15. The second-order valence-corrected chi connectivity index (χ2v) is 8.39. The number of thioether (sulfide) groups is 1. The zero-order valence-electron chi connectivity index (χ0n) is 17.9. The van der Waals surface area contributed by atoms with Crippen molar-refractivity contribution in [2.45, 2.75) is 5.16 Å². The predicted octanol–water partition coefficient (Wildman–Crippen LogP) is 4.00. The van der Waals surface area contributed by atoms with Crippen molar-refractivity contribution in [1.29, 1.82) is 0 Å². The normalized spacial score (nSPS) is 11.1. The molecule has 0 aliphatic carbocycles. The first-order chi connectivity index (χ1) is 16.5. The summed E-state index contributed by atoms with van der Waals surface area (Å²) in [7, 11) is 1.44. The third-order valence-corrected chi connectivity index (χ3v) is 6.00. The fourth-order valence-corrected chi connectivity index (χ4v) is 4.10. The summed E-state index contributed by atoms with van der Waals surface area (Å²) in [4.78, 5) is 30.2. The number of phenols is 1. The van der Waals surface area contributed by atoms with Crippen molar-refractivity contribution in [1.82, 2.24) is 15.0 Å². The van der Waals surface area contributed by atoms with Gasteiger partial charge in [-0.2, -0.15) is 5.10 Å². The van der Waals surface area contributed by atoms with Crippen molar-refractivity contribution in [3.8, 4) is 17.2 Å². The van der Waals surface area contributed by atoms with Gasteiger partial charge in [0.05, 0.1) is 35.7 Å². The van der Waals surface area contributed by atoms with E-state index in [9.17, 15) is 14.7 Å². The van der Waals surface area contributed by atoms with Gasteiger partial charge in [-0.1, -0.05) is 41.6 Å². The van der Waals surface area contributed by atoms with Crippen LogP contribution in [-0.4, -0.2) is 39.6 Å². The second-order valence-electron chi connectivity index (χ2n) is 7.01. The maximum atomic E-state index is 13.2. The van der Waals surface area contributed by atoms with Crippen molar-refractivity contribution < 1.29 is 14.6 Å². The van der Waals surface area contributed by atoms with Crippen LogP contribution in [0.1, 0.15) is 5.56 Å². The van der Waals surface area contributed by atoms with E-state index in [1.807, 2.05) is 0 Å². The first-order valence-corrected chi connectivity index (χ1v) is 11.4. The third kappa shape index (κ3) is 5.05. The standard InChI is InChI=1S/C24H19ClN4O4S/c1-33-20-8-4-5-15(22(20)31)13-26-28-21(30)14-34-24-27-19-7-3-2-6-18(19)23(32)29(24)17-11-9-16(25)10-12-17/h2-13,31H,14H2,1H3,(H,28,30)/b26-13+. The molecule has 172 valence electrons. The molecule has 0 radical (unpaired) electrons. The molecule has 3 aromatic carbocycles. The predicted molar refractivity (Wildman–Crippen MR) is 133 cm³/mol. The van der Waals surface area contributed by atoms with E-state index < -0.39 is 5.91 Å². The van der Waals surface area contributed by atoms with Gasteiger partial charge in [0.15, 0.2) is 16.7 Å². The first-order valence-electron chi connectivity index (χ1n) is 10.1. The first kappa shape index (κ1) is 23.3. The number of aromatic nitrogens is 2. The number of halogens is 1. The lowest BCUT2D eigenvalue weighted by Crippen LogP contribution is -2.24. The number of hydrogen-bond acceptors (Lipinski definition) is 7. The van der Waals surface area contributed by atoms with E-state index in [4.69, 9.17) is 16.3 Å². The quantitative estimate of drug-likeness (QED) is 0.174. The van der Waals surface area contributed by atoms with Crippen LogP contribution >= 0.6 is 23.4 Å². The Bertz CT molecular complexity index is 1440. The molecule has 34 heavy (non-hydrogen) atoms. The maximum absolute atomic E-state index is 13.2. The number of amides is 1. The zero-order chi connectivity index (χ0) is 24.1. The van der Waals surface area contributed by atoms with E-state index >= 15 is 0 Å². The van der Waals surface area contributed by atoms with Crippen molar-refractivity contribution in [3.63, 3.8) is 0 Å². The average Bonchev–Trinajstić information content (AvgIpc) is 2.85. The summed E-state index contributed by atoms with van der Waals surface area (Å²) in [5, 5.41) is 15.3. The van der Waals surface area contributed by atoms with Crippen LogP contribution in [-0.2, 0) is 4.79 Å². The molecule has 0 aliphatic rings. The van der Waals surface area contributed by atoms with Crippen molar-refractivity contribution in [3.05, 3.63) is 87.7 Å². The summed E-state index contributed by atoms with van der Waals surface area (Å²) in [6, 6.07) is 18.8. The van der Waals surface area contributed by atoms with Crippen LogP contribution in [0.3, 0.4) is 0 Å². The Labute approximate surface area is 203 Å². The molecule has 1 heterocycles. The number of nitrogens with one attached hydrogen (secondary N) is 1. The molecule has 0 aliphatic heterocycles. The Hall–Kier alpha value is -3.82. The number of ether oxygens (including phenoxy) is 1. The summed E-state index contributed by atoms with van der Waals surface area (Å²) in [5.41, 5.74) is 3.67. The number of benzene rings is 3. The molecule has 0 saturated heterocycles. The van der Waals surface area contributed by atoms with Gasteiger partial charge in [-0.25, -0.2) is 10.4 Å². The number of aromatic hydroxyl groups is 1. The van der Waals surface area contributed by atoms with Gasteiger partial charge < -0.3 is 9.84 Å². The molecule has 4 aromatic rings. The van der Waals surface area contributed by atoms with Crippen LogP contribution in [0.2, 0.25) is 5.02 Å². The van der Waals surface area contributed by atoms with Gasteiger partial charge in [0.2, 0.25) is 0 Å². The highest BCUT2D eigenvalue weighted by Crippen LogP contribution is 2.28. The number of hydrogen-bond donors (Lipinski definition) is 2. The van der Waals surface area contributed by atoms with Crippen LogP contribution in [0, 0.1) is 0 Å². The summed E-state index contributed by atoms with van der Waals surface area (Å²) in [6.07, 6.45) is 1.32. The zero-order valence-corrected chi connectivity index (χ0v) is 19.5. The molecular weight excluding hydrogens is 476 g/mol. The molecule has 0 unspecified atom stereocenters. The van der Waals surface area contributed by atoms with Gasteiger partial charge in [-0.05, 0) is 48.5 Å². The van der Waals surface area contributed by atoms with Crippen molar-refractivity contribution in [2.24, 2.45) is 5.10 Å². The minimum atomic E-state index is -0.409. The number of para-hydroxylation sites is 2. The molecule has 10 heteroatoms. The van der Waals surface area contributed by atoms with Gasteiger partial charge in [0, 0.05) is 10.6 Å². The second kappa shape index (κ2) is 10.4. The number of phenolic OH excluding ortho intramolecular Hbond substituents is 1. The SMILES string of the molecule is COc1cccc(/C=N/NC(=O)CSc2nc3ccccc3c(=O)n2-c2ccc(Cl)cc2)c1O. The molecule has 0 saturated carbocycles. The lowest BCUT2D eigenvalue weighted by atomic mass is 10.2. The van der Waals surface area contributed by atoms with E-state index in [1.54, 1.807) is 66.7 Å². The molecular formula is C24H19ClN4O4S. The van der Waals surface area contributed by atoms with Gasteiger partial charge >= 0.3 is 0 Å². The molecule has 8 nitrogen and oxygen atoms in total.